The van der Waals surface area contributed by atoms with Crippen molar-refractivity contribution in [3.05, 3.63) is 16.7 Å². The predicted molar refractivity (Wildman–Crippen MR) is 72.4 cm³/mol. The largest absolute Gasteiger partial charge is 0.395 e. The summed E-state index contributed by atoms with van der Waals surface area (Å²) in [5.74, 6) is -0.0560. The molecule has 1 fully saturated rings. The number of rotatable bonds is 3. The third-order valence-electron chi connectivity index (χ3n) is 3.74. The summed E-state index contributed by atoms with van der Waals surface area (Å²) in [5, 5.41) is 32.5. The van der Waals surface area contributed by atoms with Crippen LogP contribution in [0.4, 0.5) is 5.95 Å². The van der Waals surface area contributed by atoms with Gasteiger partial charge in [-0.05, 0) is 0 Å². The standard InChI is InChI=1S/C11H16N6O4/c12-10-15-8-6(9(20)16-10)14-4-17(8)3-11(21)2-13-5(1-18)7(11)19/h4-5,7,13,18-19,21H,1-3H2,(H3,12,15,16,20)/t5-,7-,11-/m1/s1. The van der Waals surface area contributed by atoms with Crippen LogP contribution in [0.2, 0.25) is 0 Å². The van der Waals surface area contributed by atoms with Crippen LogP contribution in [0.5, 0.6) is 0 Å². The topological polar surface area (TPSA) is 162 Å². The highest BCUT2D eigenvalue weighted by Crippen LogP contribution is 2.23. The molecule has 114 valence electrons. The molecule has 2 aromatic heterocycles. The molecule has 0 spiro atoms. The fourth-order valence-electron chi connectivity index (χ4n) is 2.59. The Morgan fingerprint density at radius 3 is 3.00 bits per heavy atom. The molecule has 1 aliphatic rings. The van der Waals surface area contributed by atoms with Crippen LogP contribution in [0.25, 0.3) is 11.2 Å². The lowest BCUT2D eigenvalue weighted by Crippen LogP contribution is -2.47. The summed E-state index contributed by atoms with van der Waals surface area (Å²) in [6.45, 7) is -0.235. The number of H-pyrrole nitrogens is 1. The van der Waals surface area contributed by atoms with Gasteiger partial charge in [0.15, 0.2) is 11.2 Å². The Morgan fingerprint density at radius 2 is 2.33 bits per heavy atom. The zero-order valence-electron chi connectivity index (χ0n) is 11.0. The fourth-order valence-corrected chi connectivity index (χ4v) is 2.59. The lowest BCUT2D eigenvalue weighted by atomic mass is 9.96. The van der Waals surface area contributed by atoms with E-state index in [2.05, 4.69) is 20.3 Å². The Balaban J connectivity index is 1.97. The van der Waals surface area contributed by atoms with Crippen LogP contribution < -0.4 is 16.6 Å². The van der Waals surface area contributed by atoms with Gasteiger partial charge in [-0.25, -0.2) is 4.98 Å². The minimum atomic E-state index is -1.50. The first kappa shape index (κ1) is 13.9. The highest BCUT2D eigenvalue weighted by atomic mass is 16.3. The van der Waals surface area contributed by atoms with E-state index in [1.54, 1.807) is 0 Å². The number of fused-ring (bicyclic) bond motifs is 1. The number of β-amino-alcohol motifs (C(OH)–C–C–N with tert-alkyl or cyclic N) is 1. The van der Waals surface area contributed by atoms with Gasteiger partial charge in [0.2, 0.25) is 5.95 Å². The quantitative estimate of drug-likeness (QED) is 0.344. The van der Waals surface area contributed by atoms with Gasteiger partial charge in [-0.3, -0.25) is 9.78 Å². The van der Waals surface area contributed by atoms with Crippen LogP contribution in [0, 0.1) is 0 Å². The maximum absolute atomic E-state index is 11.7. The van der Waals surface area contributed by atoms with E-state index < -0.39 is 23.3 Å². The molecule has 0 saturated carbocycles. The molecule has 1 aliphatic heterocycles. The molecular formula is C11H16N6O4. The Kier molecular flexibility index (Phi) is 3.17. The second-order valence-corrected chi connectivity index (χ2v) is 5.21. The van der Waals surface area contributed by atoms with Crippen LogP contribution in [0.3, 0.4) is 0 Å². The van der Waals surface area contributed by atoms with Crippen molar-refractivity contribution >= 4 is 17.1 Å². The molecule has 10 nitrogen and oxygen atoms in total. The van der Waals surface area contributed by atoms with Crippen molar-refractivity contribution in [2.24, 2.45) is 0 Å². The SMILES string of the molecule is Nc1nc2c(ncn2C[C@]2(O)CN[C@H](CO)[C@H]2O)c(=O)[nH]1. The Bertz CT molecular complexity index is 727. The first-order valence-electron chi connectivity index (χ1n) is 6.40. The molecule has 0 aliphatic carbocycles. The van der Waals surface area contributed by atoms with Crippen molar-refractivity contribution in [2.75, 3.05) is 18.9 Å². The lowest BCUT2D eigenvalue weighted by molar-refractivity contribution is -0.0641. The number of aromatic amines is 1. The number of nitrogens with zero attached hydrogens (tertiary/aromatic N) is 3. The molecular weight excluding hydrogens is 280 g/mol. The van der Waals surface area contributed by atoms with E-state index >= 15 is 0 Å². The third kappa shape index (κ3) is 2.17. The van der Waals surface area contributed by atoms with Crippen molar-refractivity contribution in [1.29, 1.82) is 0 Å². The van der Waals surface area contributed by atoms with Gasteiger partial charge in [0.25, 0.3) is 5.56 Å². The zero-order valence-corrected chi connectivity index (χ0v) is 11.0. The molecule has 2 aromatic rings. The molecule has 0 radical (unpaired) electrons. The van der Waals surface area contributed by atoms with Gasteiger partial charge in [0.05, 0.1) is 25.5 Å². The number of hydrogen-bond donors (Lipinski definition) is 6. The summed E-state index contributed by atoms with van der Waals surface area (Å²) < 4.78 is 1.45. The molecule has 3 atom stereocenters. The van der Waals surface area contributed by atoms with Crippen molar-refractivity contribution in [2.45, 2.75) is 24.3 Å². The molecule has 7 N–H and O–H groups in total. The minimum absolute atomic E-state index is 0.0376. The molecule has 10 heteroatoms. The molecule has 21 heavy (non-hydrogen) atoms. The zero-order chi connectivity index (χ0) is 15.2. The van der Waals surface area contributed by atoms with E-state index in [-0.39, 0.29) is 36.8 Å². The summed E-state index contributed by atoms with van der Waals surface area (Å²) in [7, 11) is 0. The van der Waals surface area contributed by atoms with Crippen LogP contribution >= 0.6 is 0 Å². The second kappa shape index (κ2) is 4.77. The first-order valence-corrected chi connectivity index (χ1v) is 6.40. The van der Waals surface area contributed by atoms with Gasteiger partial charge in [-0.2, -0.15) is 4.98 Å². The maximum atomic E-state index is 11.7. The number of aliphatic hydroxyl groups excluding tert-OH is 2. The number of aliphatic hydroxyl groups is 3. The van der Waals surface area contributed by atoms with Crippen LogP contribution in [0.15, 0.2) is 11.1 Å². The smallest absolute Gasteiger partial charge is 0.280 e. The fraction of sp³-hybridized carbons (Fsp3) is 0.545. The molecule has 0 bridgehead atoms. The highest BCUT2D eigenvalue weighted by molar-refractivity contribution is 5.70. The van der Waals surface area contributed by atoms with Gasteiger partial charge in [0, 0.05) is 6.54 Å². The number of nitrogens with one attached hydrogen (secondary N) is 2. The minimum Gasteiger partial charge on any atom is -0.395 e. The predicted octanol–water partition coefficient (Wildman–Crippen LogP) is -3.24. The van der Waals surface area contributed by atoms with E-state index in [0.29, 0.717) is 0 Å². The monoisotopic (exact) mass is 296 g/mol. The van der Waals surface area contributed by atoms with E-state index in [1.165, 1.54) is 10.9 Å². The van der Waals surface area contributed by atoms with Crippen LogP contribution in [0.1, 0.15) is 0 Å². The third-order valence-corrected chi connectivity index (χ3v) is 3.74. The van der Waals surface area contributed by atoms with Crippen molar-refractivity contribution in [3.63, 3.8) is 0 Å². The first-order chi connectivity index (χ1) is 9.94. The summed E-state index contributed by atoms with van der Waals surface area (Å²) in [4.78, 5) is 21.9. The number of nitrogens with two attached hydrogens (primary N) is 1. The van der Waals surface area contributed by atoms with E-state index in [4.69, 9.17) is 10.8 Å². The van der Waals surface area contributed by atoms with Gasteiger partial charge < -0.3 is 30.9 Å². The Labute approximate surface area is 118 Å². The number of nitrogen functional groups attached to an aromatic ring is 1. The molecule has 0 unspecified atom stereocenters. The molecule has 3 rings (SSSR count). The average Bonchev–Trinajstić information content (AvgIpc) is 2.94. The van der Waals surface area contributed by atoms with Gasteiger partial charge >= 0.3 is 0 Å². The van der Waals surface area contributed by atoms with E-state index in [9.17, 15) is 15.0 Å². The summed E-state index contributed by atoms with van der Waals surface area (Å²) >= 11 is 0. The van der Waals surface area contributed by atoms with Crippen molar-refractivity contribution < 1.29 is 15.3 Å². The van der Waals surface area contributed by atoms with E-state index in [0.717, 1.165) is 0 Å². The van der Waals surface area contributed by atoms with Gasteiger partial charge in [-0.15, -0.1) is 0 Å². The van der Waals surface area contributed by atoms with E-state index in [1.807, 2.05) is 0 Å². The number of hydrogen-bond acceptors (Lipinski definition) is 8. The molecule has 0 amide bonds. The average molecular weight is 296 g/mol. The lowest BCUT2D eigenvalue weighted by Gasteiger charge is -2.27. The Hall–Kier alpha value is -2.01. The van der Waals surface area contributed by atoms with Crippen molar-refractivity contribution in [1.82, 2.24) is 24.8 Å². The number of imidazole rings is 1. The molecule has 1 saturated heterocycles. The molecule has 3 heterocycles. The van der Waals surface area contributed by atoms with Gasteiger partial charge in [-0.1, -0.05) is 0 Å². The van der Waals surface area contributed by atoms with Crippen LogP contribution in [-0.2, 0) is 6.54 Å². The number of aromatic nitrogens is 4. The summed E-state index contributed by atoms with van der Waals surface area (Å²) in [6, 6.07) is -0.605. The molecule has 0 aromatic carbocycles. The number of anilines is 1. The second-order valence-electron chi connectivity index (χ2n) is 5.21. The van der Waals surface area contributed by atoms with Gasteiger partial charge in [0.1, 0.15) is 11.7 Å². The maximum Gasteiger partial charge on any atom is 0.280 e. The normalized spacial score (nSPS) is 29.3. The van der Waals surface area contributed by atoms with Crippen LogP contribution in [-0.4, -0.2) is 65.7 Å². The summed E-state index contributed by atoms with van der Waals surface area (Å²) in [6.07, 6.45) is 0.197. The Morgan fingerprint density at radius 1 is 1.57 bits per heavy atom. The highest BCUT2D eigenvalue weighted by Gasteiger charge is 2.46. The van der Waals surface area contributed by atoms with Crippen molar-refractivity contribution in [3.8, 4) is 0 Å². The summed E-state index contributed by atoms with van der Waals surface area (Å²) in [5.41, 5.74) is 3.86.